The quantitative estimate of drug-likeness (QED) is 0.618. The van der Waals surface area contributed by atoms with Crippen molar-refractivity contribution in [2.45, 2.75) is 51.7 Å². The molecule has 1 unspecified atom stereocenters. The molecule has 0 saturated heterocycles. The molecule has 6 nitrogen and oxygen atoms in total. The van der Waals surface area contributed by atoms with E-state index in [1.54, 1.807) is 6.20 Å². The highest BCUT2D eigenvalue weighted by atomic mass is 19.2. The van der Waals surface area contributed by atoms with Gasteiger partial charge in [-0.25, -0.2) is 18.6 Å². The number of nitrogens with one attached hydrogen (secondary N) is 2. The smallest absolute Gasteiger partial charge is 0.407 e. The standard InChI is InChI=1S/C23H26F2N4O2/c1-23(2,3)31-22(30)28-13-6-8-20-16(9-13)17-10-15(12-26-21(17)29(20)4)27-14-5-7-18(24)19(25)11-14/h5,7,10-13,27H,6,8-9H2,1-4H3,(H,28,30). The summed E-state index contributed by atoms with van der Waals surface area (Å²) < 4.78 is 34.2. The SMILES string of the molecule is Cn1c2c(c3cc(Nc4ccc(F)c(F)c4)cnc31)CC(NC(=O)OC(C)(C)C)CC2. The highest BCUT2D eigenvalue weighted by Gasteiger charge is 2.27. The first-order valence-electron chi connectivity index (χ1n) is 10.3. The maximum Gasteiger partial charge on any atom is 0.407 e. The molecule has 1 aliphatic carbocycles. The van der Waals surface area contributed by atoms with E-state index in [4.69, 9.17) is 4.74 Å². The first-order valence-corrected chi connectivity index (χ1v) is 10.3. The van der Waals surface area contributed by atoms with Crippen molar-refractivity contribution in [3.05, 3.63) is 53.4 Å². The molecule has 1 amide bonds. The third kappa shape index (κ3) is 4.47. The first kappa shape index (κ1) is 21.1. The van der Waals surface area contributed by atoms with Crippen LogP contribution in [0.3, 0.4) is 0 Å². The van der Waals surface area contributed by atoms with Crippen LogP contribution in [0.4, 0.5) is 25.0 Å². The molecule has 3 aromatic rings. The number of anilines is 2. The number of amides is 1. The first-order chi connectivity index (χ1) is 14.6. The van der Waals surface area contributed by atoms with Gasteiger partial charge in [-0.15, -0.1) is 0 Å². The third-order valence-electron chi connectivity index (χ3n) is 5.37. The number of hydrogen-bond acceptors (Lipinski definition) is 4. The molecule has 1 atom stereocenters. The van der Waals surface area contributed by atoms with Crippen molar-refractivity contribution < 1.29 is 18.3 Å². The van der Waals surface area contributed by atoms with Gasteiger partial charge >= 0.3 is 6.09 Å². The number of fused-ring (bicyclic) bond motifs is 3. The highest BCUT2D eigenvalue weighted by molar-refractivity contribution is 5.86. The van der Waals surface area contributed by atoms with Gasteiger partial charge in [-0.2, -0.15) is 0 Å². The number of carbonyl (C=O) groups is 1. The van der Waals surface area contributed by atoms with Crippen LogP contribution in [0.1, 0.15) is 38.4 Å². The average molecular weight is 428 g/mol. The Labute approximate surface area is 179 Å². The van der Waals surface area contributed by atoms with Crippen molar-refractivity contribution in [1.29, 1.82) is 0 Å². The molecule has 164 valence electrons. The Morgan fingerprint density at radius 1 is 1.19 bits per heavy atom. The summed E-state index contributed by atoms with van der Waals surface area (Å²) in [7, 11) is 1.98. The normalized spacial score (nSPS) is 16.1. The van der Waals surface area contributed by atoms with Gasteiger partial charge in [-0.1, -0.05) is 0 Å². The van der Waals surface area contributed by atoms with Crippen molar-refractivity contribution in [3.63, 3.8) is 0 Å². The molecule has 2 aromatic heterocycles. The van der Waals surface area contributed by atoms with Gasteiger partial charge in [0.1, 0.15) is 11.2 Å². The van der Waals surface area contributed by atoms with Crippen molar-refractivity contribution in [2.75, 3.05) is 5.32 Å². The molecule has 2 N–H and O–H groups in total. The lowest BCUT2D eigenvalue weighted by Gasteiger charge is -2.26. The van der Waals surface area contributed by atoms with E-state index < -0.39 is 23.3 Å². The van der Waals surface area contributed by atoms with Gasteiger partial charge in [0.25, 0.3) is 0 Å². The Hall–Kier alpha value is -3.16. The molecule has 8 heteroatoms. The fourth-order valence-electron chi connectivity index (χ4n) is 4.04. The van der Waals surface area contributed by atoms with Gasteiger partial charge in [0.15, 0.2) is 11.6 Å². The number of carbonyl (C=O) groups excluding carboxylic acids is 1. The van der Waals surface area contributed by atoms with E-state index in [1.807, 2.05) is 33.9 Å². The van der Waals surface area contributed by atoms with Crippen molar-refractivity contribution in [3.8, 4) is 0 Å². The largest absolute Gasteiger partial charge is 0.444 e. The second-order valence-corrected chi connectivity index (χ2v) is 8.92. The van der Waals surface area contributed by atoms with Crippen LogP contribution >= 0.6 is 0 Å². The molecular formula is C23H26F2N4O2. The van der Waals surface area contributed by atoms with E-state index in [0.29, 0.717) is 17.8 Å². The molecule has 0 saturated carbocycles. The maximum atomic E-state index is 13.5. The highest BCUT2D eigenvalue weighted by Crippen LogP contribution is 2.33. The lowest BCUT2D eigenvalue weighted by molar-refractivity contribution is 0.0500. The fraction of sp³-hybridized carbons (Fsp3) is 0.391. The van der Waals surface area contributed by atoms with Crippen LogP contribution in [0.15, 0.2) is 30.5 Å². The molecule has 1 aromatic carbocycles. The molecule has 0 radical (unpaired) electrons. The molecule has 1 aliphatic rings. The maximum absolute atomic E-state index is 13.5. The Morgan fingerprint density at radius 2 is 1.97 bits per heavy atom. The Morgan fingerprint density at radius 3 is 2.68 bits per heavy atom. The molecular weight excluding hydrogens is 402 g/mol. The number of rotatable bonds is 3. The number of nitrogens with zero attached hydrogens (tertiary/aromatic N) is 2. The van der Waals surface area contributed by atoms with Gasteiger partial charge in [0.05, 0.1) is 11.9 Å². The average Bonchev–Trinajstić information content (AvgIpc) is 2.95. The minimum Gasteiger partial charge on any atom is -0.444 e. The molecule has 0 fully saturated rings. The van der Waals surface area contributed by atoms with E-state index in [-0.39, 0.29) is 6.04 Å². The Bertz CT molecular complexity index is 1150. The van der Waals surface area contributed by atoms with Gasteiger partial charge in [-0.3, -0.25) is 0 Å². The number of halogens is 2. The predicted octanol–water partition coefficient (Wildman–Crippen LogP) is 4.98. The van der Waals surface area contributed by atoms with Crippen LogP contribution in [0.5, 0.6) is 0 Å². The summed E-state index contributed by atoms with van der Waals surface area (Å²) >= 11 is 0. The number of aromatic nitrogens is 2. The van der Waals surface area contributed by atoms with Crippen LogP contribution in [-0.4, -0.2) is 27.3 Å². The van der Waals surface area contributed by atoms with Crippen LogP contribution in [0, 0.1) is 11.6 Å². The fourth-order valence-corrected chi connectivity index (χ4v) is 4.04. The summed E-state index contributed by atoms with van der Waals surface area (Å²) in [5.74, 6) is -1.80. The zero-order chi connectivity index (χ0) is 22.3. The number of aryl methyl sites for hydroxylation is 1. The minimum atomic E-state index is -0.910. The van der Waals surface area contributed by atoms with E-state index in [1.165, 1.54) is 11.8 Å². The Kier molecular flexibility index (Phi) is 5.33. The summed E-state index contributed by atoms with van der Waals surface area (Å²) in [5.41, 5.74) is 3.73. The van der Waals surface area contributed by atoms with Gasteiger partial charge in [0.2, 0.25) is 0 Å². The summed E-state index contributed by atoms with van der Waals surface area (Å²) in [6.07, 6.45) is 3.55. The molecule has 2 heterocycles. The molecule has 0 bridgehead atoms. The van der Waals surface area contributed by atoms with Gasteiger partial charge < -0.3 is 19.9 Å². The molecule has 0 aliphatic heterocycles. The van der Waals surface area contributed by atoms with Crippen LogP contribution in [-0.2, 0) is 24.6 Å². The lowest BCUT2D eigenvalue weighted by Crippen LogP contribution is -2.41. The zero-order valence-corrected chi connectivity index (χ0v) is 18.1. The molecule has 31 heavy (non-hydrogen) atoms. The summed E-state index contributed by atoms with van der Waals surface area (Å²) in [6.45, 7) is 5.51. The van der Waals surface area contributed by atoms with Gasteiger partial charge in [0, 0.05) is 35.9 Å². The second-order valence-electron chi connectivity index (χ2n) is 8.92. The van der Waals surface area contributed by atoms with Crippen LogP contribution < -0.4 is 10.6 Å². The van der Waals surface area contributed by atoms with Crippen LogP contribution in [0.2, 0.25) is 0 Å². The topological polar surface area (TPSA) is 68.2 Å². The predicted molar refractivity (Wildman–Crippen MR) is 116 cm³/mol. The van der Waals surface area contributed by atoms with E-state index >= 15 is 0 Å². The number of pyridine rings is 1. The number of benzene rings is 1. The number of hydrogen-bond donors (Lipinski definition) is 2. The minimum absolute atomic E-state index is 0.0317. The van der Waals surface area contributed by atoms with Crippen LogP contribution in [0.25, 0.3) is 11.0 Å². The van der Waals surface area contributed by atoms with E-state index in [9.17, 15) is 13.6 Å². The van der Waals surface area contributed by atoms with Crippen molar-refractivity contribution >= 4 is 28.5 Å². The van der Waals surface area contributed by atoms with Crippen molar-refractivity contribution in [2.24, 2.45) is 7.05 Å². The Balaban J connectivity index is 1.59. The third-order valence-corrected chi connectivity index (χ3v) is 5.37. The summed E-state index contributed by atoms with van der Waals surface area (Å²) in [4.78, 5) is 16.8. The summed E-state index contributed by atoms with van der Waals surface area (Å²) in [5, 5.41) is 7.03. The monoisotopic (exact) mass is 428 g/mol. The van der Waals surface area contributed by atoms with E-state index in [0.717, 1.165) is 41.6 Å². The lowest BCUT2D eigenvalue weighted by atomic mass is 9.91. The molecule has 4 rings (SSSR count). The van der Waals surface area contributed by atoms with Gasteiger partial charge in [-0.05, 0) is 63.8 Å². The zero-order valence-electron chi connectivity index (χ0n) is 18.1. The summed E-state index contributed by atoms with van der Waals surface area (Å²) in [6, 6.07) is 5.60. The number of alkyl carbamates (subject to hydrolysis) is 1. The van der Waals surface area contributed by atoms with E-state index in [2.05, 4.69) is 20.2 Å². The second kappa shape index (κ2) is 7.83. The van der Waals surface area contributed by atoms with Crippen molar-refractivity contribution in [1.82, 2.24) is 14.9 Å². The molecule has 0 spiro atoms. The number of ether oxygens (including phenoxy) is 1.